The molecule has 0 saturated carbocycles. The van der Waals surface area contributed by atoms with Crippen molar-refractivity contribution in [1.29, 1.82) is 0 Å². The van der Waals surface area contributed by atoms with Gasteiger partial charge in [-0.2, -0.15) is 5.10 Å². The van der Waals surface area contributed by atoms with Crippen LogP contribution in [0.3, 0.4) is 0 Å². The molecule has 0 amide bonds. The lowest BCUT2D eigenvalue weighted by Gasteiger charge is -1.90. The summed E-state index contributed by atoms with van der Waals surface area (Å²) >= 11 is 0. The maximum absolute atomic E-state index is 5.13. The van der Waals surface area contributed by atoms with Gasteiger partial charge in [-0.15, -0.1) is 0 Å². The Labute approximate surface area is 43.6 Å². The number of rotatable bonds is 3. The first-order valence-electron chi connectivity index (χ1n) is 2.32. The van der Waals surface area contributed by atoms with Crippen LogP contribution in [0.15, 0.2) is 5.10 Å². The van der Waals surface area contributed by atoms with Crippen LogP contribution in [0, 0.1) is 0 Å². The smallest absolute Gasteiger partial charge is 0.0452 e. The van der Waals surface area contributed by atoms with Gasteiger partial charge in [-0.3, -0.25) is 0 Å². The quantitative estimate of drug-likeness (QED) is 0.287. The summed E-state index contributed by atoms with van der Waals surface area (Å²) in [6.45, 7) is 3.24. The van der Waals surface area contributed by atoms with Crippen molar-refractivity contribution < 1.29 is 0 Å². The average molecular weight is 101 g/mol. The van der Waals surface area contributed by atoms with Gasteiger partial charge in [0.2, 0.25) is 0 Å². The standard InChI is InChI=1S/C4H11N3/c1-2-6-7-4-3-5/h2,7H,3-5H2,1H3/b6-2+. The summed E-state index contributed by atoms with van der Waals surface area (Å²) in [6.07, 6.45) is 1.69. The van der Waals surface area contributed by atoms with Crippen molar-refractivity contribution in [1.82, 2.24) is 5.43 Å². The lowest BCUT2D eigenvalue weighted by atomic mass is 10.7. The normalized spacial score (nSPS) is 10.0. The second-order valence-corrected chi connectivity index (χ2v) is 1.08. The number of nitrogens with one attached hydrogen (secondary N) is 1. The van der Waals surface area contributed by atoms with Gasteiger partial charge < -0.3 is 11.2 Å². The second-order valence-electron chi connectivity index (χ2n) is 1.08. The van der Waals surface area contributed by atoms with Crippen molar-refractivity contribution in [3.63, 3.8) is 0 Å². The summed E-state index contributed by atoms with van der Waals surface area (Å²) in [5, 5.41) is 3.71. The van der Waals surface area contributed by atoms with E-state index in [1.807, 2.05) is 6.92 Å². The topological polar surface area (TPSA) is 50.4 Å². The molecule has 3 N–H and O–H groups in total. The van der Waals surface area contributed by atoms with Gasteiger partial charge in [0, 0.05) is 19.3 Å². The number of nitrogens with zero attached hydrogens (tertiary/aromatic N) is 1. The molecule has 0 bridgehead atoms. The fourth-order valence-corrected chi connectivity index (χ4v) is 0.220. The van der Waals surface area contributed by atoms with E-state index in [4.69, 9.17) is 5.73 Å². The zero-order chi connectivity index (χ0) is 5.54. The van der Waals surface area contributed by atoms with E-state index in [-0.39, 0.29) is 0 Å². The van der Waals surface area contributed by atoms with Crippen LogP contribution in [0.25, 0.3) is 0 Å². The second kappa shape index (κ2) is 5.43. The monoisotopic (exact) mass is 101 g/mol. The molecule has 0 aliphatic carbocycles. The van der Waals surface area contributed by atoms with Crippen LogP contribution < -0.4 is 11.2 Å². The van der Waals surface area contributed by atoms with Crippen molar-refractivity contribution in [3.8, 4) is 0 Å². The summed E-state index contributed by atoms with van der Waals surface area (Å²) in [7, 11) is 0. The molecule has 0 heterocycles. The van der Waals surface area contributed by atoms with Gasteiger partial charge in [-0.25, -0.2) is 0 Å². The molecule has 7 heavy (non-hydrogen) atoms. The zero-order valence-electron chi connectivity index (χ0n) is 4.52. The molecule has 0 aliphatic rings. The van der Waals surface area contributed by atoms with Crippen LogP contribution in [-0.2, 0) is 0 Å². The van der Waals surface area contributed by atoms with E-state index in [0.29, 0.717) is 6.54 Å². The molecule has 0 unspecified atom stereocenters. The van der Waals surface area contributed by atoms with Crippen molar-refractivity contribution in [2.75, 3.05) is 13.1 Å². The van der Waals surface area contributed by atoms with E-state index >= 15 is 0 Å². The first-order chi connectivity index (χ1) is 3.41. The van der Waals surface area contributed by atoms with Crippen LogP contribution in [0.2, 0.25) is 0 Å². The fraction of sp³-hybridized carbons (Fsp3) is 0.750. The van der Waals surface area contributed by atoms with Crippen molar-refractivity contribution in [2.45, 2.75) is 6.92 Å². The minimum Gasteiger partial charge on any atom is -0.329 e. The molecule has 0 rings (SSSR count). The molecule has 3 nitrogen and oxygen atoms in total. The molecule has 0 aromatic rings. The Hall–Kier alpha value is -0.570. The lowest BCUT2D eigenvalue weighted by molar-refractivity contribution is 0.743. The van der Waals surface area contributed by atoms with Crippen LogP contribution in [0.4, 0.5) is 0 Å². The minimum atomic E-state index is 0.636. The van der Waals surface area contributed by atoms with Gasteiger partial charge in [0.1, 0.15) is 0 Å². The van der Waals surface area contributed by atoms with E-state index in [1.54, 1.807) is 6.21 Å². The molecule has 42 valence electrons. The summed E-state index contributed by atoms with van der Waals surface area (Å²) in [4.78, 5) is 0. The molecule has 3 heteroatoms. The van der Waals surface area contributed by atoms with Crippen LogP contribution in [-0.4, -0.2) is 19.3 Å². The van der Waals surface area contributed by atoms with Gasteiger partial charge in [0.05, 0.1) is 0 Å². The third-order valence-electron chi connectivity index (χ3n) is 0.477. The molecule has 0 aromatic heterocycles. The van der Waals surface area contributed by atoms with E-state index in [2.05, 4.69) is 10.5 Å². The summed E-state index contributed by atoms with van der Waals surface area (Å²) in [5.74, 6) is 0. The SMILES string of the molecule is C/C=N/NCCN. The fourth-order valence-electron chi connectivity index (χ4n) is 0.220. The number of hydrogen-bond acceptors (Lipinski definition) is 3. The number of nitrogens with two attached hydrogens (primary N) is 1. The Morgan fingerprint density at radius 3 is 3.00 bits per heavy atom. The third kappa shape index (κ3) is 5.43. The highest BCUT2D eigenvalue weighted by atomic mass is 15.3. The summed E-state index contributed by atoms with van der Waals surface area (Å²) < 4.78 is 0. The molecule has 0 atom stereocenters. The Balaban J connectivity index is 2.69. The average Bonchev–Trinajstić information content (AvgIpc) is 1.69. The predicted molar refractivity (Wildman–Crippen MR) is 31.2 cm³/mol. The first-order valence-corrected chi connectivity index (χ1v) is 2.32. The van der Waals surface area contributed by atoms with E-state index in [1.165, 1.54) is 0 Å². The number of hydrazone groups is 1. The summed E-state index contributed by atoms with van der Waals surface area (Å²) in [6, 6.07) is 0. The highest BCUT2D eigenvalue weighted by molar-refractivity contribution is 5.52. The van der Waals surface area contributed by atoms with Crippen molar-refractivity contribution >= 4 is 6.21 Å². The molecule has 0 aromatic carbocycles. The van der Waals surface area contributed by atoms with Gasteiger partial charge in [-0.1, -0.05) is 0 Å². The highest BCUT2D eigenvalue weighted by Gasteiger charge is 1.68. The molecule has 0 saturated heterocycles. The predicted octanol–water partition coefficient (Wildman–Crippen LogP) is -0.460. The zero-order valence-corrected chi connectivity index (χ0v) is 4.52. The minimum absolute atomic E-state index is 0.636. The molecular formula is C4H11N3. The van der Waals surface area contributed by atoms with Crippen LogP contribution in [0.5, 0.6) is 0 Å². The van der Waals surface area contributed by atoms with Crippen LogP contribution in [0.1, 0.15) is 6.92 Å². The van der Waals surface area contributed by atoms with Crippen molar-refractivity contribution in [2.24, 2.45) is 10.8 Å². The first kappa shape index (κ1) is 6.43. The third-order valence-corrected chi connectivity index (χ3v) is 0.477. The Morgan fingerprint density at radius 1 is 1.86 bits per heavy atom. The Morgan fingerprint density at radius 2 is 2.57 bits per heavy atom. The Kier molecular flexibility index (Phi) is 4.99. The number of hydrogen-bond donors (Lipinski definition) is 2. The summed E-state index contributed by atoms with van der Waals surface area (Å²) in [5.41, 5.74) is 7.86. The van der Waals surface area contributed by atoms with E-state index in [9.17, 15) is 0 Å². The Bertz CT molecular complexity index is 50.9. The largest absolute Gasteiger partial charge is 0.329 e. The van der Waals surface area contributed by atoms with Gasteiger partial charge in [0.15, 0.2) is 0 Å². The van der Waals surface area contributed by atoms with E-state index < -0.39 is 0 Å². The molecule has 0 aliphatic heterocycles. The highest BCUT2D eigenvalue weighted by Crippen LogP contribution is 1.51. The molecular weight excluding hydrogens is 90.1 g/mol. The molecule has 0 radical (unpaired) electrons. The van der Waals surface area contributed by atoms with E-state index in [0.717, 1.165) is 6.54 Å². The van der Waals surface area contributed by atoms with Crippen LogP contribution >= 0.6 is 0 Å². The van der Waals surface area contributed by atoms with Crippen molar-refractivity contribution in [3.05, 3.63) is 0 Å². The van der Waals surface area contributed by atoms with Gasteiger partial charge >= 0.3 is 0 Å². The van der Waals surface area contributed by atoms with Gasteiger partial charge in [0.25, 0.3) is 0 Å². The maximum atomic E-state index is 5.13. The lowest BCUT2D eigenvalue weighted by Crippen LogP contribution is -2.16. The molecule has 0 spiro atoms. The molecule has 0 fully saturated rings. The van der Waals surface area contributed by atoms with Gasteiger partial charge in [-0.05, 0) is 6.92 Å². The maximum Gasteiger partial charge on any atom is 0.0452 e.